The largest absolute Gasteiger partial charge is 0.352 e. The summed E-state index contributed by atoms with van der Waals surface area (Å²) in [5.41, 5.74) is -1.26. The minimum absolute atomic E-state index is 0.0887. The number of hydrogen-bond donors (Lipinski definition) is 2. The van der Waals surface area contributed by atoms with Crippen molar-refractivity contribution in [2.45, 2.75) is 46.6 Å². The van der Waals surface area contributed by atoms with Crippen LogP contribution in [0.15, 0.2) is 0 Å². The fourth-order valence-electron chi connectivity index (χ4n) is 2.26. The van der Waals surface area contributed by atoms with E-state index in [9.17, 15) is 19.2 Å². The van der Waals surface area contributed by atoms with Crippen molar-refractivity contribution in [1.29, 1.82) is 0 Å². The van der Waals surface area contributed by atoms with Gasteiger partial charge in [0.1, 0.15) is 12.0 Å². The molecule has 20 heavy (non-hydrogen) atoms. The second-order valence-corrected chi connectivity index (χ2v) is 5.16. The molecule has 1 saturated heterocycles. The highest BCUT2D eigenvalue weighted by molar-refractivity contribution is 6.19. The van der Waals surface area contributed by atoms with E-state index in [0.29, 0.717) is 0 Å². The Kier molecular flexibility index (Phi) is 4.86. The molecule has 0 saturated carbocycles. The first-order valence-electron chi connectivity index (χ1n) is 6.75. The molecule has 0 radical (unpaired) electrons. The van der Waals surface area contributed by atoms with Gasteiger partial charge < -0.3 is 5.32 Å². The number of amides is 5. The lowest BCUT2D eigenvalue weighted by molar-refractivity contribution is -0.153. The van der Waals surface area contributed by atoms with Gasteiger partial charge in [0.25, 0.3) is 0 Å². The number of hydrogen-bond acceptors (Lipinski definition) is 4. The second-order valence-electron chi connectivity index (χ2n) is 5.16. The lowest BCUT2D eigenvalue weighted by atomic mass is 9.78. The van der Waals surface area contributed by atoms with Gasteiger partial charge in [-0.3, -0.25) is 24.6 Å². The quantitative estimate of drug-likeness (QED) is 0.714. The highest BCUT2D eigenvalue weighted by atomic mass is 16.2. The average molecular weight is 283 g/mol. The summed E-state index contributed by atoms with van der Waals surface area (Å²) in [7, 11) is 0. The monoisotopic (exact) mass is 283 g/mol. The van der Waals surface area contributed by atoms with Crippen LogP contribution in [0, 0.1) is 5.41 Å². The van der Waals surface area contributed by atoms with Crippen molar-refractivity contribution >= 4 is 23.8 Å². The lowest BCUT2D eigenvalue weighted by Crippen LogP contribution is -2.64. The molecule has 7 heteroatoms. The predicted molar refractivity (Wildman–Crippen MR) is 71.5 cm³/mol. The molecule has 112 valence electrons. The van der Waals surface area contributed by atoms with Gasteiger partial charge in [-0.05, 0) is 26.7 Å². The van der Waals surface area contributed by atoms with Crippen molar-refractivity contribution in [1.82, 2.24) is 15.5 Å². The van der Waals surface area contributed by atoms with Gasteiger partial charge in [0.15, 0.2) is 0 Å². The summed E-state index contributed by atoms with van der Waals surface area (Å²) >= 11 is 0. The van der Waals surface area contributed by atoms with Gasteiger partial charge in [0, 0.05) is 6.04 Å². The Balaban J connectivity index is 2.96. The Labute approximate surface area is 118 Å². The summed E-state index contributed by atoms with van der Waals surface area (Å²) < 4.78 is 0. The van der Waals surface area contributed by atoms with Crippen LogP contribution in [-0.2, 0) is 14.4 Å². The van der Waals surface area contributed by atoms with Gasteiger partial charge >= 0.3 is 6.03 Å². The van der Waals surface area contributed by atoms with Gasteiger partial charge in [-0.15, -0.1) is 0 Å². The molecule has 0 spiro atoms. The predicted octanol–water partition coefficient (Wildman–Crippen LogP) is 0.396. The number of rotatable bonds is 5. The molecule has 1 rings (SSSR count). The maximum absolute atomic E-state index is 12.4. The van der Waals surface area contributed by atoms with Crippen molar-refractivity contribution in [3.63, 3.8) is 0 Å². The molecule has 0 aliphatic carbocycles. The number of urea groups is 1. The van der Waals surface area contributed by atoms with Gasteiger partial charge in [-0.25, -0.2) is 4.79 Å². The van der Waals surface area contributed by atoms with Gasteiger partial charge in [0.2, 0.25) is 17.7 Å². The first kappa shape index (κ1) is 16.1. The lowest BCUT2D eigenvalue weighted by Gasteiger charge is -2.37. The molecular formula is C13H21N3O4. The van der Waals surface area contributed by atoms with Crippen LogP contribution in [0.5, 0.6) is 0 Å². The molecule has 7 nitrogen and oxygen atoms in total. The molecule has 0 aromatic carbocycles. The van der Waals surface area contributed by atoms with E-state index >= 15 is 0 Å². The molecule has 2 N–H and O–H groups in total. The van der Waals surface area contributed by atoms with Crippen LogP contribution >= 0.6 is 0 Å². The van der Waals surface area contributed by atoms with E-state index in [2.05, 4.69) is 10.6 Å². The number of carbonyl (C=O) groups is 4. The zero-order valence-electron chi connectivity index (χ0n) is 12.3. The summed E-state index contributed by atoms with van der Waals surface area (Å²) in [4.78, 5) is 48.6. The summed E-state index contributed by atoms with van der Waals surface area (Å²) in [5, 5.41) is 4.77. The molecule has 1 heterocycles. The first-order chi connectivity index (χ1) is 9.28. The highest BCUT2D eigenvalue weighted by Gasteiger charge is 2.51. The summed E-state index contributed by atoms with van der Waals surface area (Å²) in [6.45, 7) is 6.61. The van der Waals surface area contributed by atoms with Crippen LogP contribution in [0.2, 0.25) is 0 Å². The van der Waals surface area contributed by atoms with Crippen LogP contribution < -0.4 is 10.6 Å². The maximum atomic E-state index is 12.4. The fourth-order valence-corrected chi connectivity index (χ4v) is 2.26. The molecule has 1 aliphatic rings. The van der Waals surface area contributed by atoms with Crippen molar-refractivity contribution < 1.29 is 19.2 Å². The summed E-state index contributed by atoms with van der Waals surface area (Å²) in [6, 6.07) is -0.925. The van der Waals surface area contributed by atoms with E-state index in [1.165, 1.54) is 0 Å². The molecule has 1 aliphatic heterocycles. The average Bonchev–Trinajstić information content (AvgIpc) is 2.35. The molecule has 1 fully saturated rings. The topological polar surface area (TPSA) is 95.6 Å². The zero-order valence-corrected chi connectivity index (χ0v) is 12.3. The minimum atomic E-state index is -1.26. The highest BCUT2D eigenvalue weighted by Crippen LogP contribution is 2.32. The van der Waals surface area contributed by atoms with E-state index in [1.54, 1.807) is 27.7 Å². The minimum Gasteiger partial charge on any atom is -0.352 e. The standard InChI is InChI=1S/C13H21N3O4/c1-5-13(6-2)10(18)15-12(20)16(11(13)19)7-9(17)14-8(3)4/h8H,5-7H2,1-4H3,(H,14,17)(H,15,18,20). The van der Waals surface area contributed by atoms with Crippen LogP contribution in [0.25, 0.3) is 0 Å². The van der Waals surface area contributed by atoms with Crippen molar-refractivity contribution in [3.05, 3.63) is 0 Å². The van der Waals surface area contributed by atoms with E-state index in [0.717, 1.165) is 4.90 Å². The smallest absolute Gasteiger partial charge is 0.331 e. The third-order valence-corrected chi connectivity index (χ3v) is 3.51. The first-order valence-corrected chi connectivity index (χ1v) is 6.75. The Morgan fingerprint density at radius 2 is 1.80 bits per heavy atom. The molecule has 0 bridgehead atoms. The Bertz CT molecular complexity index is 441. The summed E-state index contributed by atoms with van der Waals surface area (Å²) in [5.74, 6) is -1.62. The molecule has 5 amide bonds. The van der Waals surface area contributed by atoms with E-state index in [1.807, 2.05) is 0 Å². The van der Waals surface area contributed by atoms with E-state index in [-0.39, 0.29) is 25.4 Å². The normalized spacial score (nSPS) is 18.2. The Morgan fingerprint density at radius 3 is 2.25 bits per heavy atom. The second kappa shape index (κ2) is 6.02. The fraction of sp³-hybridized carbons (Fsp3) is 0.692. The van der Waals surface area contributed by atoms with E-state index < -0.39 is 29.2 Å². The van der Waals surface area contributed by atoms with Crippen molar-refractivity contribution in [2.75, 3.05) is 6.54 Å². The van der Waals surface area contributed by atoms with Crippen LogP contribution in [0.1, 0.15) is 40.5 Å². The van der Waals surface area contributed by atoms with Gasteiger partial charge in [0.05, 0.1) is 0 Å². The van der Waals surface area contributed by atoms with Gasteiger partial charge in [-0.2, -0.15) is 0 Å². The summed E-state index contributed by atoms with van der Waals surface area (Å²) in [6.07, 6.45) is 0.563. The SMILES string of the molecule is CCC1(CC)C(=O)NC(=O)N(CC(=O)NC(C)C)C1=O. The van der Waals surface area contributed by atoms with Crippen LogP contribution in [-0.4, -0.2) is 41.2 Å². The Hall–Kier alpha value is -1.92. The zero-order chi connectivity index (χ0) is 15.5. The molecule has 0 aromatic rings. The third kappa shape index (κ3) is 2.81. The Morgan fingerprint density at radius 1 is 1.25 bits per heavy atom. The van der Waals surface area contributed by atoms with E-state index in [4.69, 9.17) is 0 Å². The maximum Gasteiger partial charge on any atom is 0.331 e. The number of imide groups is 2. The number of nitrogens with one attached hydrogen (secondary N) is 2. The molecule has 0 unspecified atom stereocenters. The molecular weight excluding hydrogens is 262 g/mol. The van der Waals surface area contributed by atoms with Crippen LogP contribution in [0.4, 0.5) is 4.79 Å². The number of carbonyl (C=O) groups excluding carboxylic acids is 4. The third-order valence-electron chi connectivity index (χ3n) is 3.51. The number of nitrogens with zero attached hydrogens (tertiary/aromatic N) is 1. The molecule has 0 aromatic heterocycles. The van der Waals surface area contributed by atoms with Gasteiger partial charge in [-0.1, -0.05) is 13.8 Å². The number of barbiturate groups is 1. The molecule has 0 atom stereocenters. The van der Waals surface area contributed by atoms with Crippen LogP contribution in [0.3, 0.4) is 0 Å². The van der Waals surface area contributed by atoms with Crippen molar-refractivity contribution in [2.24, 2.45) is 5.41 Å². The van der Waals surface area contributed by atoms with Crippen molar-refractivity contribution in [3.8, 4) is 0 Å².